The van der Waals surface area contributed by atoms with Crippen LogP contribution in [0.2, 0.25) is 0 Å². The Bertz CT molecular complexity index is 1020. The molecule has 1 aromatic carbocycles. The molecular formula is C21H21N3O5. The van der Waals surface area contributed by atoms with Crippen LogP contribution in [0.15, 0.2) is 47.0 Å². The van der Waals surface area contributed by atoms with Crippen LogP contribution in [-0.4, -0.2) is 42.3 Å². The molecule has 2 saturated heterocycles. The SMILES string of the molecule is COc1ccccc1CNC(=O)[C@@H]1[C@H]2C=C[C@]3(CN(c4cc(C)on4)C(=O)[C@@H]13)O2. The van der Waals surface area contributed by atoms with Crippen molar-refractivity contribution in [2.45, 2.75) is 25.2 Å². The van der Waals surface area contributed by atoms with Gasteiger partial charge >= 0.3 is 0 Å². The van der Waals surface area contributed by atoms with Crippen molar-refractivity contribution in [2.75, 3.05) is 18.6 Å². The van der Waals surface area contributed by atoms with Crippen molar-refractivity contribution in [1.82, 2.24) is 10.5 Å². The number of aryl methyl sites for hydroxylation is 1. The minimum atomic E-state index is -0.791. The molecule has 0 unspecified atom stereocenters. The van der Waals surface area contributed by atoms with Crippen LogP contribution in [-0.2, 0) is 20.9 Å². The highest BCUT2D eigenvalue weighted by Crippen LogP contribution is 2.52. The van der Waals surface area contributed by atoms with E-state index >= 15 is 0 Å². The third-order valence-corrected chi connectivity index (χ3v) is 5.94. The second-order valence-corrected chi connectivity index (χ2v) is 7.65. The number of carbonyl (C=O) groups excluding carboxylic acids is 2. The highest BCUT2D eigenvalue weighted by atomic mass is 16.5. The summed E-state index contributed by atoms with van der Waals surface area (Å²) in [5.74, 6) is 0.246. The van der Waals surface area contributed by atoms with E-state index < -0.39 is 23.5 Å². The van der Waals surface area contributed by atoms with Gasteiger partial charge in [-0.05, 0) is 13.0 Å². The van der Waals surface area contributed by atoms with Crippen molar-refractivity contribution in [2.24, 2.45) is 11.8 Å². The minimum Gasteiger partial charge on any atom is -0.496 e. The van der Waals surface area contributed by atoms with Crippen LogP contribution in [0.5, 0.6) is 5.75 Å². The van der Waals surface area contributed by atoms with Crippen LogP contribution in [0, 0.1) is 18.8 Å². The molecule has 3 aliphatic rings. The highest BCUT2D eigenvalue weighted by Gasteiger charge is 2.67. The average Bonchev–Trinajstić information content (AvgIpc) is 3.47. The summed E-state index contributed by atoms with van der Waals surface area (Å²) in [5.41, 5.74) is 0.0799. The molecule has 3 aliphatic heterocycles. The number of hydrogen-bond acceptors (Lipinski definition) is 6. The number of nitrogens with one attached hydrogen (secondary N) is 1. The number of rotatable bonds is 5. The summed E-state index contributed by atoms with van der Waals surface area (Å²) in [6.07, 6.45) is 3.40. The number of nitrogens with zero attached hydrogens (tertiary/aromatic N) is 2. The van der Waals surface area contributed by atoms with Gasteiger partial charge in [0.2, 0.25) is 11.8 Å². The lowest BCUT2D eigenvalue weighted by Crippen LogP contribution is -2.44. The molecule has 0 saturated carbocycles. The molecule has 150 valence electrons. The lowest BCUT2D eigenvalue weighted by Gasteiger charge is -2.23. The molecule has 5 rings (SSSR count). The Labute approximate surface area is 167 Å². The number of fused-ring (bicyclic) bond motifs is 1. The summed E-state index contributed by atoms with van der Waals surface area (Å²) >= 11 is 0. The van der Waals surface area contributed by atoms with E-state index in [1.165, 1.54) is 0 Å². The van der Waals surface area contributed by atoms with Crippen LogP contribution >= 0.6 is 0 Å². The van der Waals surface area contributed by atoms with Crippen molar-refractivity contribution in [3.8, 4) is 5.75 Å². The molecule has 0 radical (unpaired) electrons. The van der Waals surface area contributed by atoms with Crippen LogP contribution < -0.4 is 15.0 Å². The number of ether oxygens (including phenoxy) is 2. The Balaban J connectivity index is 1.37. The largest absolute Gasteiger partial charge is 0.496 e. The lowest BCUT2D eigenvalue weighted by atomic mass is 9.77. The fourth-order valence-corrected chi connectivity index (χ4v) is 4.62. The number of hydrogen-bond donors (Lipinski definition) is 1. The highest BCUT2D eigenvalue weighted by molar-refractivity contribution is 6.02. The summed E-state index contributed by atoms with van der Waals surface area (Å²) in [7, 11) is 1.59. The van der Waals surface area contributed by atoms with Crippen molar-refractivity contribution >= 4 is 17.6 Å². The van der Waals surface area contributed by atoms with Crippen LogP contribution in [0.3, 0.4) is 0 Å². The average molecular weight is 395 g/mol. The molecule has 1 aromatic heterocycles. The van der Waals surface area contributed by atoms with E-state index in [4.69, 9.17) is 14.0 Å². The first-order valence-corrected chi connectivity index (χ1v) is 9.54. The lowest BCUT2D eigenvalue weighted by molar-refractivity contribution is -0.132. The molecule has 0 aliphatic carbocycles. The molecule has 2 fully saturated rings. The molecule has 4 atom stereocenters. The number of methoxy groups -OCH3 is 1. The van der Waals surface area contributed by atoms with Gasteiger partial charge in [0.25, 0.3) is 0 Å². The van der Waals surface area contributed by atoms with Crippen molar-refractivity contribution in [3.05, 3.63) is 53.8 Å². The first kappa shape index (κ1) is 17.9. The van der Waals surface area contributed by atoms with E-state index in [1.807, 2.05) is 36.4 Å². The van der Waals surface area contributed by atoms with E-state index in [0.717, 1.165) is 5.56 Å². The molecule has 2 bridgehead atoms. The zero-order valence-electron chi connectivity index (χ0n) is 16.1. The summed E-state index contributed by atoms with van der Waals surface area (Å²) in [6, 6.07) is 9.22. The molecule has 4 heterocycles. The van der Waals surface area contributed by atoms with Gasteiger partial charge in [-0.3, -0.25) is 14.5 Å². The van der Waals surface area contributed by atoms with E-state index in [9.17, 15) is 9.59 Å². The molecule has 29 heavy (non-hydrogen) atoms. The maximum Gasteiger partial charge on any atom is 0.235 e. The summed E-state index contributed by atoms with van der Waals surface area (Å²) < 4.78 is 16.6. The van der Waals surface area contributed by atoms with Gasteiger partial charge in [-0.1, -0.05) is 35.5 Å². The molecule has 1 N–H and O–H groups in total. The Morgan fingerprint density at radius 1 is 1.41 bits per heavy atom. The quantitative estimate of drug-likeness (QED) is 0.773. The minimum absolute atomic E-state index is 0.164. The van der Waals surface area contributed by atoms with Gasteiger partial charge in [0.05, 0.1) is 31.6 Å². The Morgan fingerprint density at radius 2 is 2.24 bits per heavy atom. The van der Waals surface area contributed by atoms with Crippen LogP contribution in [0.4, 0.5) is 5.82 Å². The van der Waals surface area contributed by atoms with E-state index in [0.29, 0.717) is 30.4 Å². The van der Waals surface area contributed by atoms with Gasteiger partial charge in [-0.15, -0.1) is 0 Å². The monoisotopic (exact) mass is 395 g/mol. The van der Waals surface area contributed by atoms with Crippen LogP contribution in [0.25, 0.3) is 0 Å². The van der Waals surface area contributed by atoms with Gasteiger partial charge in [0.1, 0.15) is 17.1 Å². The van der Waals surface area contributed by atoms with E-state index in [2.05, 4.69) is 10.5 Å². The smallest absolute Gasteiger partial charge is 0.235 e. The molecule has 1 spiro atoms. The Morgan fingerprint density at radius 3 is 3.00 bits per heavy atom. The topological polar surface area (TPSA) is 93.9 Å². The van der Waals surface area contributed by atoms with Gasteiger partial charge in [0, 0.05) is 18.2 Å². The van der Waals surface area contributed by atoms with E-state index in [1.54, 1.807) is 25.0 Å². The number of carbonyl (C=O) groups is 2. The van der Waals surface area contributed by atoms with Crippen LogP contribution in [0.1, 0.15) is 11.3 Å². The zero-order valence-corrected chi connectivity index (χ0v) is 16.1. The van der Waals surface area contributed by atoms with Gasteiger partial charge in [-0.2, -0.15) is 0 Å². The molecule has 2 aromatic rings. The first-order valence-electron chi connectivity index (χ1n) is 9.54. The maximum absolute atomic E-state index is 13.2. The number of anilines is 1. The predicted octanol–water partition coefficient (Wildman–Crippen LogP) is 1.59. The number of amides is 2. The summed E-state index contributed by atoms with van der Waals surface area (Å²) in [5, 5.41) is 6.91. The van der Waals surface area contributed by atoms with Gasteiger partial charge < -0.3 is 19.3 Å². The summed E-state index contributed by atoms with van der Waals surface area (Å²) in [6.45, 7) is 2.41. The number of aromatic nitrogens is 1. The standard InChI is InChI=1S/C21H21N3O5/c1-12-9-16(23-29-12)24-11-21-8-7-15(28-21)17(18(21)20(24)26)19(25)22-10-13-5-3-4-6-14(13)27-2/h3-9,15,17-18H,10-11H2,1-2H3,(H,22,25)/t15-,17-,18-,21-/m1/s1. The van der Waals surface area contributed by atoms with Crippen molar-refractivity contribution in [1.29, 1.82) is 0 Å². The molecule has 8 heteroatoms. The second-order valence-electron chi connectivity index (χ2n) is 7.65. The van der Waals surface area contributed by atoms with Gasteiger partial charge in [-0.25, -0.2) is 0 Å². The molecule has 2 amide bonds. The van der Waals surface area contributed by atoms with Crippen molar-refractivity contribution in [3.63, 3.8) is 0 Å². The number of benzene rings is 1. The first-order chi connectivity index (χ1) is 14.0. The second kappa shape index (κ2) is 6.45. The normalized spacial score (nSPS) is 29.4. The fraction of sp³-hybridized carbons (Fsp3) is 0.381. The molecular weight excluding hydrogens is 374 g/mol. The van der Waals surface area contributed by atoms with Gasteiger partial charge in [0.15, 0.2) is 5.82 Å². The fourth-order valence-electron chi connectivity index (χ4n) is 4.62. The third-order valence-electron chi connectivity index (χ3n) is 5.94. The Kier molecular flexibility index (Phi) is 3.99. The Hall–Kier alpha value is -3.13. The third kappa shape index (κ3) is 2.66. The summed E-state index contributed by atoms with van der Waals surface area (Å²) in [4.78, 5) is 27.8. The maximum atomic E-state index is 13.2. The predicted molar refractivity (Wildman–Crippen MR) is 102 cm³/mol. The number of para-hydroxylation sites is 1. The van der Waals surface area contributed by atoms with Crippen molar-refractivity contribution < 1.29 is 23.6 Å². The zero-order chi connectivity index (χ0) is 20.2. The molecule has 8 nitrogen and oxygen atoms in total. The van der Waals surface area contributed by atoms with E-state index in [-0.39, 0.29) is 11.8 Å².